The van der Waals surface area contributed by atoms with E-state index < -0.39 is 23.6 Å². The van der Waals surface area contributed by atoms with Gasteiger partial charge in [-0.1, -0.05) is 15.9 Å². The number of hydrogen-bond acceptors (Lipinski definition) is 2. The number of aromatic carboxylic acids is 2. The van der Waals surface area contributed by atoms with Gasteiger partial charge in [0, 0.05) is 4.47 Å². The predicted octanol–water partition coefficient (Wildman–Crippen LogP) is 4.69. The lowest BCUT2D eigenvalue weighted by atomic mass is 10.1. The smallest absolute Gasteiger partial charge is 0.335 e. The van der Waals surface area contributed by atoms with E-state index in [-0.39, 0.29) is 11.1 Å². The second kappa shape index (κ2) is 7.53. The third kappa shape index (κ3) is 5.13. The Balaban J connectivity index is 0.000000177. The molecule has 1 aliphatic rings. The average Bonchev–Trinajstić information content (AvgIpc) is 3.30. The zero-order valence-corrected chi connectivity index (χ0v) is 13.9. The van der Waals surface area contributed by atoms with Crippen LogP contribution in [0.5, 0.6) is 0 Å². The van der Waals surface area contributed by atoms with Gasteiger partial charge < -0.3 is 10.2 Å². The van der Waals surface area contributed by atoms with Gasteiger partial charge in [0.25, 0.3) is 0 Å². The number of benzene rings is 2. The third-order valence-electron chi connectivity index (χ3n) is 3.33. The van der Waals surface area contributed by atoms with Crippen LogP contribution < -0.4 is 0 Å². The summed E-state index contributed by atoms with van der Waals surface area (Å²) in [6, 6.07) is 7.53. The van der Waals surface area contributed by atoms with Gasteiger partial charge in [0.05, 0.1) is 11.1 Å². The molecule has 4 nitrogen and oxygen atoms in total. The van der Waals surface area contributed by atoms with Crippen LogP contribution in [0.2, 0.25) is 0 Å². The number of carbonyl (C=O) groups is 2. The minimum atomic E-state index is -1.13. The van der Waals surface area contributed by atoms with Gasteiger partial charge in [0.15, 0.2) is 0 Å². The van der Waals surface area contributed by atoms with Crippen LogP contribution >= 0.6 is 15.9 Å². The molecule has 0 heterocycles. The van der Waals surface area contributed by atoms with Gasteiger partial charge in [-0.25, -0.2) is 18.4 Å². The van der Waals surface area contributed by atoms with E-state index in [1.807, 2.05) is 0 Å². The highest BCUT2D eigenvalue weighted by atomic mass is 79.9. The number of rotatable bonds is 3. The Bertz CT molecular complexity index is 768. The molecule has 0 atom stereocenters. The molecule has 0 aromatic heterocycles. The fourth-order valence-corrected chi connectivity index (χ4v) is 2.53. The van der Waals surface area contributed by atoms with Crippen LogP contribution in [0.1, 0.15) is 45.0 Å². The lowest BCUT2D eigenvalue weighted by molar-refractivity contribution is 0.0685. The zero-order chi connectivity index (χ0) is 17.9. The van der Waals surface area contributed by atoms with Crippen LogP contribution in [0.3, 0.4) is 0 Å². The third-order valence-corrected chi connectivity index (χ3v) is 3.78. The van der Waals surface area contributed by atoms with Crippen LogP contribution in [-0.4, -0.2) is 22.2 Å². The molecule has 0 spiro atoms. The maximum Gasteiger partial charge on any atom is 0.335 e. The van der Waals surface area contributed by atoms with E-state index in [2.05, 4.69) is 15.9 Å². The average molecular weight is 399 g/mol. The largest absolute Gasteiger partial charge is 0.478 e. The van der Waals surface area contributed by atoms with Crippen LogP contribution in [0.25, 0.3) is 0 Å². The van der Waals surface area contributed by atoms with Crippen LogP contribution in [0.15, 0.2) is 40.9 Å². The van der Waals surface area contributed by atoms with Crippen LogP contribution in [0.4, 0.5) is 8.78 Å². The molecular weight excluding hydrogens is 386 g/mol. The van der Waals surface area contributed by atoms with Gasteiger partial charge in [-0.15, -0.1) is 0 Å². The van der Waals surface area contributed by atoms with Crippen molar-refractivity contribution in [2.45, 2.75) is 18.8 Å². The van der Waals surface area contributed by atoms with Crippen molar-refractivity contribution in [1.29, 1.82) is 0 Å². The Morgan fingerprint density at radius 2 is 1.38 bits per heavy atom. The van der Waals surface area contributed by atoms with Gasteiger partial charge in [-0.05, 0) is 60.7 Å². The molecular formula is C17H13BrF2O4. The topological polar surface area (TPSA) is 74.6 Å². The summed E-state index contributed by atoms with van der Waals surface area (Å²) in [6.07, 6.45) is 2.09. The molecule has 1 fully saturated rings. The number of carboxylic acids is 2. The lowest BCUT2D eigenvalue weighted by Gasteiger charge is -2.00. The molecule has 2 N–H and O–H groups in total. The molecule has 1 saturated carbocycles. The molecule has 2 aromatic carbocycles. The first kappa shape index (κ1) is 18.1. The van der Waals surface area contributed by atoms with Crippen molar-refractivity contribution in [1.82, 2.24) is 0 Å². The fraction of sp³-hybridized carbons (Fsp3) is 0.176. The Morgan fingerprint density at radius 1 is 0.875 bits per heavy atom. The molecule has 0 bridgehead atoms. The minimum absolute atomic E-state index is 0.0434. The number of carboxylic acid groups (broad SMARTS) is 2. The maximum atomic E-state index is 12.9. The van der Waals surface area contributed by atoms with Crippen molar-refractivity contribution in [2.24, 2.45) is 0 Å². The van der Waals surface area contributed by atoms with E-state index in [0.717, 1.165) is 30.5 Å². The van der Waals surface area contributed by atoms with Crippen molar-refractivity contribution in [3.8, 4) is 0 Å². The summed E-state index contributed by atoms with van der Waals surface area (Å²) in [5.74, 6) is -2.83. The van der Waals surface area contributed by atoms with Crippen LogP contribution in [0, 0.1) is 11.6 Å². The van der Waals surface area contributed by atoms with E-state index in [0.29, 0.717) is 10.4 Å². The van der Waals surface area contributed by atoms with Gasteiger partial charge >= 0.3 is 11.9 Å². The monoisotopic (exact) mass is 398 g/mol. The fourth-order valence-electron chi connectivity index (χ4n) is 2.07. The predicted molar refractivity (Wildman–Crippen MR) is 86.4 cm³/mol. The highest BCUT2D eigenvalue weighted by molar-refractivity contribution is 9.10. The zero-order valence-electron chi connectivity index (χ0n) is 12.3. The summed E-state index contributed by atoms with van der Waals surface area (Å²) in [6.45, 7) is 0. The molecule has 0 aliphatic heterocycles. The second-order valence-electron chi connectivity index (χ2n) is 5.32. The van der Waals surface area contributed by atoms with E-state index in [1.54, 1.807) is 6.07 Å². The quantitative estimate of drug-likeness (QED) is 0.786. The number of halogens is 3. The summed E-state index contributed by atoms with van der Waals surface area (Å²) in [4.78, 5) is 20.9. The summed E-state index contributed by atoms with van der Waals surface area (Å²) in [7, 11) is 0. The standard InChI is InChI=1S/C10H9FO2.C7H4BrFO2/c11-9-4-7(6-1-2-6)3-8(5-9)10(12)13;8-5-1-4(7(10)11)2-6(9)3-5/h3-6H,1-2H2,(H,12,13);1-3H,(H,10,11). The first-order chi connectivity index (χ1) is 11.3. The van der Waals surface area contributed by atoms with Gasteiger partial charge in [-0.2, -0.15) is 0 Å². The molecule has 24 heavy (non-hydrogen) atoms. The van der Waals surface area contributed by atoms with E-state index >= 15 is 0 Å². The van der Waals surface area contributed by atoms with E-state index in [9.17, 15) is 18.4 Å². The van der Waals surface area contributed by atoms with E-state index in [1.165, 1.54) is 18.2 Å². The summed E-state index contributed by atoms with van der Waals surface area (Å²) < 4.78 is 25.8. The summed E-state index contributed by atoms with van der Waals surface area (Å²) in [5, 5.41) is 17.1. The molecule has 0 amide bonds. The Labute approximate surface area is 144 Å². The van der Waals surface area contributed by atoms with Gasteiger partial charge in [-0.3, -0.25) is 0 Å². The minimum Gasteiger partial charge on any atom is -0.478 e. The van der Waals surface area contributed by atoms with Crippen molar-refractivity contribution in [3.63, 3.8) is 0 Å². The first-order valence-corrected chi connectivity index (χ1v) is 7.78. The second-order valence-corrected chi connectivity index (χ2v) is 6.23. The first-order valence-electron chi connectivity index (χ1n) is 6.99. The van der Waals surface area contributed by atoms with E-state index in [4.69, 9.17) is 10.2 Å². The van der Waals surface area contributed by atoms with Gasteiger partial charge in [0.2, 0.25) is 0 Å². The van der Waals surface area contributed by atoms with Crippen molar-refractivity contribution < 1.29 is 28.6 Å². The van der Waals surface area contributed by atoms with Gasteiger partial charge in [0.1, 0.15) is 11.6 Å². The molecule has 0 unspecified atom stereocenters. The van der Waals surface area contributed by atoms with Crippen molar-refractivity contribution in [3.05, 3.63) is 69.2 Å². The molecule has 0 radical (unpaired) electrons. The highest BCUT2D eigenvalue weighted by Gasteiger charge is 2.24. The molecule has 7 heteroatoms. The lowest BCUT2D eigenvalue weighted by Crippen LogP contribution is -1.98. The highest BCUT2D eigenvalue weighted by Crippen LogP contribution is 2.40. The van der Waals surface area contributed by atoms with Crippen LogP contribution in [-0.2, 0) is 0 Å². The molecule has 3 rings (SSSR count). The van der Waals surface area contributed by atoms with Crippen molar-refractivity contribution >= 4 is 27.9 Å². The number of hydrogen-bond donors (Lipinski definition) is 2. The Morgan fingerprint density at radius 3 is 1.83 bits per heavy atom. The Hall–Kier alpha value is -2.28. The summed E-state index contributed by atoms with van der Waals surface area (Å²) >= 11 is 2.98. The Kier molecular flexibility index (Phi) is 5.66. The molecule has 1 aliphatic carbocycles. The molecule has 0 saturated heterocycles. The molecule has 126 valence electrons. The molecule has 2 aromatic rings. The summed E-state index contributed by atoms with van der Waals surface area (Å²) in [5.41, 5.74) is 0.802. The normalized spacial score (nSPS) is 13.0. The maximum absolute atomic E-state index is 12.9. The van der Waals surface area contributed by atoms with Crippen molar-refractivity contribution in [2.75, 3.05) is 0 Å². The SMILES string of the molecule is O=C(O)c1cc(F)cc(Br)c1.O=C(O)c1cc(F)cc(C2CC2)c1.